The van der Waals surface area contributed by atoms with Crippen LogP contribution in [-0.4, -0.2) is 11.1 Å². The maximum Gasteiger partial charge on any atom is 0.337 e. The molecular formula is C7H3Cl2O2. The molecule has 0 spiro atoms. The topological polar surface area (TPSA) is 37.3 Å². The summed E-state index contributed by atoms with van der Waals surface area (Å²) in [5.41, 5.74) is -0.0980. The third-order valence-corrected chi connectivity index (χ3v) is 1.90. The highest BCUT2D eigenvalue weighted by molar-refractivity contribution is 6.43. The molecule has 0 aromatic heterocycles. The second-order valence-electron chi connectivity index (χ2n) is 1.82. The van der Waals surface area contributed by atoms with Gasteiger partial charge in [0.25, 0.3) is 0 Å². The van der Waals surface area contributed by atoms with Crippen molar-refractivity contribution in [1.29, 1.82) is 0 Å². The Labute approximate surface area is 73.4 Å². The number of hydrogen-bond donors (Lipinski definition) is 1. The molecule has 1 N–H and O–H groups in total. The van der Waals surface area contributed by atoms with Gasteiger partial charge in [-0.15, -0.1) is 0 Å². The van der Waals surface area contributed by atoms with E-state index >= 15 is 0 Å². The highest BCUT2D eigenvalue weighted by atomic mass is 35.5. The zero-order valence-electron chi connectivity index (χ0n) is 5.27. The second kappa shape index (κ2) is 3.11. The highest BCUT2D eigenvalue weighted by Crippen LogP contribution is 2.24. The second-order valence-corrected chi connectivity index (χ2v) is 2.60. The van der Waals surface area contributed by atoms with E-state index in [-0.39, 0.29) is 15.6 Å². The fraction of sp³-hybridized carbons (Fsp3) is 0. The summed E-state index contributed by atoms with van der Waals surface area (Å²) in [5.74, 6) is -1.13. The van der Waals surface area contributed by atoms with Gasteiger partial charge >= 0.3 is 5.97 Å². The molecule has 1 aromatic carbocycles. The van der Waals surface area contributed by atoms with Crippen LogP contribution in [0.2, 0.25) is 10.0 Å². The molecule has 4 heteroatoms. The van der Waals surface area contributed by atoms with Crippen molar-refractivity contribution in [1.82, 2.24) is 0 Å². The molecule has 0 aliphatic rings. The zero-order valence-corrected chi connectivity index (χ0v) is 6.78. The number of carbonyl (C=O) groups is 1. The Kier molecular flexibility index (Phi) is 2.37. The van der Waals surface area contributed by atoms with E-state index in [0.29, 0.717) is 0 Å². The van der Waals surface area contributed by atoms with Gasteiger partial charge in [-0.3, -0.25) is 0 Å². The van der Waals surface area contributed by atoms with Crippen molar-refractivity contribution < 1.29 is 9.90 Å². The molecule has 2 nitrogen and oxygen atoms in total. The van der Waals surface area contributed by atoms with Gasteiger partial charge in [0.15, 0.2) is 0 Å². The standard InChI is InChI=1S/C7H3Cl2O2/c8-5-3-1-2-4(6(5)9)7(10)11/h1,3H,(H,10,11). The van der Waals surface area contributed by atoms with Crippen molar-refractivity contribution >= 4 is 29.2 Å². The first-order valence-electron chi connectivity index (χ1n) is 2.72. The van der Waals surface area contributed by atoms with E-state index in [1.165, 1.54) is 12.1 Å². The largest absolute Gasteiger partial charge is 0.478 e. The normalized spacial score (nSPS) is 9.64. The van der Waals surface area contributed by atoms with Gasteiger partial charge in [0, 0.05) is 0 Å². The van der Waals surface area contributed by atoms with Crippen LogP contribution in [0.25, 0.3) is 0 Å². The van der Waals surface area contributed by atoms with E-state index in [2.05, 4.69) is 6.07 Å². The van der Waals surface area contributed by atoms with Gasteiger partial charge in [-0.05, 0) is 12.1 Å². The summed E-state index contributed by atoms with van der Waals surface area (Å²) in [6.07, 6.45) is 0. The summed E-state index contributed by atoms with van der Waals surface area (Å²) in [6.45, 7) is 0. The van der Waals surface area contributed by atoms with Crippen molar-refractivity contribution in [3.8, 4) is 0 Å². The molecule has 0 unspecified atom stereocenters. The Bertz CT molecular complexity index is 296. The number of hydrogen-bond acceptors (Lipinski definition) is 1. The van der Waals surface area contributed by atoms with Crippen LogP contribution in [0.3, 0.4) is 0 Å². The number of rotatable bonds is 1. The molecule has 11 heavy (non-hydrogen) atoms. The van der Waals surface area contributed by atoms with E-state index < -0.39 is 5.97 Å². The van der Waals surface area contributed by atoms with Crippen molar-refractivity contribution in [2.24, 2.45) is 0 Å². The first-order chi connectivity index (χ1) is 5.13. The van der Waals surface area contributed by atoms with Crippen LogP contribution in [-0.2, 0) is 0 Å². The zero-order chi connectivity index (χ0) is 8.43. The van der Waals surface area contributed by atoms with Crippen LogP contribution < -0.4 is 0 Å². The molecule has 1 aromatic rings. The Morgan fingerprint density at radius 3 is 2.64 bits per heavy atom. The van der Waals surface area contributed by atoms with Gasteiger partial charge in [0.2, 0.25) is 0 Å². The van der Waals surface area contributed by atoms with E-state index in [1.807, 2.05) is 0 Å². The maximum atomic E-state index is 10.4. The van der Waals surface area contributed by atoms with Crippen LogP contribution in [0.15, 0.2) is 12.1 Å². The summed E-state index contributed by atoms with van der Waals surface area (Å²) in [4.78, 5) is 10.4. The van der Waals surface area contributed by atoms with Crippen molar-refractivity contribution in [2.75, 3.05) is 0 Å². The summed E-state index contributed by atoms with van der Waals surface area (Å²) < 4.78 is 0. The van der Waals surface area contributed by atoms with E-state index in [1.54, 1.807) is 0 Å². The first-order valence-corrected chi connectivity index (χ1v) is 3.47. The Morgan fingerprint density at radius 2 is 2.18 bits per heavy atom. The minimum Gasteiger partial charge on any atom is -0.478 e. The molecule has 0 saturated carbocycles. The highest BCUT2D eigenvalue weighted by Gasteiger charge is 2.10. The van der Waals surface area contributed by atoms with Crippen LogP contribution in [0.1, 0.15) is 10.4 Å². The van der Waals surface area contributed by atoms with Crippen LogP contribution in [0, 0.1) is 6.07 Å². The third kappa shape index (κ3) is 1.64. The minimum absolute atomic E-state index is 0.0293. The van der Waals surface area contributed by atoms with Gasteiger partial charge < -0.3 is 5.11 Å². The predicted molar refractivity (Wildman–Crippen MR) is 42.3 cm³/mol. The molecule has 0 heterocycles. The number of carboxylic acid groups (broad SMARTS) is 1. The van der Waals surface area contributed by atoms with E-state index in [4.69, 9.17) is 28.3 Å². The molecule has 0 fully saturated rings. The number of aromatic carboxylic acids is 1. The van der Waals surface area contributed by atoms with Crippen LogP contribution in [0.5, 0.6) is 0 Å². The smallest absolute Gasteiger partial charge is 0.337 e. The predicted octanol–water partition coefficient (Wildman–Crippen LogP) is 2.49. The molecule has 0 amide bonds. The molecule has 0 saturated heterocycles. The molecule has 1 radical (unpaired) electrons. The molecule has 57 valence electrons. The van der Waals surface area contributed by atoms with Gasteiger partial charge in [0.1, 0.15) is 0 Å². The quantitative estimate of drug-likeness (QED) is 0.738. The monoisotopic (exact) mass is 189 g/mol. The number of carboxylic acids is 1. The summed E-state index contributed by atoms with van der Waals surface area (Å²) >= 11 is 11.1. The Balaban J connectivity index is 3.27. The lowest BCUT2D eigenvalue weighted by molar-refractivity contribution is 0.0696. The van der Waals surface area contributed by atoms with Gasteiger partial charge in [-0.1, -0.05) is 29.3 Å². The lowest BCUT2D eigenvalue weighted by Gasteiger charge is -1.97. The number of halogens is 2. The molecular weight excluding hydrogens is 187 g/mol. The first kappa shape index (κ1) is 8.37. The average Bonchev–Trinajstić information content (AvgIpc) is 1.94. The SMILES string of the molecule is O=C(O)c1[c]ccc(Cl)c1Cl. The average molecular weight is 190 g/mol. The van der Waals surface area contributed by atoms with Gasteiger partial charge in [-0.2, -0.15) is 0 Å². The Hall–Kier alpha value is -0.730. The van der Waals surface area contributed by atoms with E-state index in [9.17, 15) is 4.79 Å². The van der Waals surface area contributed by atoms with Gasteiger partial charge in [-0.25, -0.2) is 4.79 Å². The van der Waals surface area contributed by atoms with Gasteiger partial charge in [0.05, 0.1) is 15.6 Å². The molecule has 0 atom stereocenters. The van der Waals surface area contributed by atoms with E-state index in [0.717, 1.165) is 0 Å². The summed E-state index contributed by atoms with van der Waals surface area (Å²) in [7, 11) is 0. The Morgan fingerprint density at radius 1 is 1.55 bits per heavy atom. The lowest BCUT2D eigenvalue weighted by atomic mass is 10.2. The van der Waals surface area contributed by atoms with Crippen LogP contribution in [0.4, 0.5) is 0 Å². The fourth-order valence-electron chi connectivity index (χ4n) is 0.610. The maximum absolute atomic E-state index is 10.4. The molecule has 0 aliphatic carbocycles. The lowest BCUT2D eigenvalue weighted by Crippen LogP contribution is -1.97. The minimum atomic E-state index is -1.13. The van der Waals surface area contributed by atoms with Crippen molar-refractivity contribution in [3.63, 3.8) is 0 Å². The summed E-state index contributed by atoms with van der Waals surface area (Å²) in [6, 6.07) is 5.36. The summed E-state index contributed by atoms with van der Waals surface area (Å²) in [5, 5.41) is 8.77. The third-order valence-electron chi connectivity index (χ3n) is 1.10. The van der Waals surface area contributed by atoms with Crippen molar-refractivity contribution in [3.05, 3.63) is 33.8 Å². The molecule has 0 bridgehead atoms. The number of benzene rings is 1. The molecule has 1 rings (SSSR count). The fourth-order valence-corrected chi connectivity index (χ4v) is 0.966. The van der Waals surface area contributed by atoms with Crippen LogP contribution >= 0.6 is 23.2 Å². The van der Waals surface area contributed by atoms with Crippen molar-refractivity contribution in [2.45, 2.75) is 0 Å². The molecule has 0 aliphatic heterocycles.